The first-order chi connectivity index (χ1) is 9.15. The molecule has 0 spiro atoms. The molecule has 0 amide bonds. The first-order valence-corrected chi connectivity index (χ1v) is 8.37. The molecule has 0 radical (unpaired) electrons. The SMILES string of the molecule is CCc1ccc(C(Br)c2cccc(Br)c2)cc1CC. The molecule has 1 atom stereocenters. The van der Waals surface area contributed by atoms with Crippen LogP contribution in [0.4, 0.5) is 0 Å². The molecule has 1 unspecified atom stereocenters. The molecule has 0 N–H and O–H groups in total. The van der Waals surface area contributed by atoms with Crippen LogP contribution in [0.3, 0.4) is 0 Å². The van der Waals surface area contributed by atoms with Gasteiger partial charge in [-0.2, -0.15) is 0 Å². The average molecular weight is 382 g/mol. The Morgan fingerprint density at radius 1 is 0.895 bits per heavy atom. The molecule has 2 rings (SSSR count). The van der Waals surface area contributed by atoms with Gasteiger partial charge >= 0.3 is 0 Å². The number of rotatable bonds is 4. The molecule has 100 valence electrons. The standard InChI is InChI=1S/C17H18Br2/c1-3-12-8-9-15(10-13(12)4-2)17(19)14-6-5-7-16(18)11-14/h5-11,17H,3-4H2,1-2H3. The maximum absolute atomic E-state index is 3.82. The number of halogens is 2. The predicted octanol–water partition coefficient (Wildman–Crippen LogP) is 6.06. The second-order valence-corrected chi connectivity index (χ2v) is 6.48. The van der Waals surface area contributed by atoms with Gasteiger partial charge in [0.1, 0.15) is 0 Å². The fourth-order valence-electron chi connectivity index (χ4n) is 2.33. The minimum Gasteiger partial charge on any atom is -0.0786 e. The van der Waals surface area contributed by atoms with E-state index in [1.54, 1.807) is 0 Å². The van der Waals surface area contributed by atoms with Crippen LogP contribution in [0, 0.1) is 0 Å². The minimum atomic E-state index is 0.251. The lowest BCUT2D eigenvalue weighted by atomic mass is 9.97. The van der Waals surface area contributed by atoms with E-state index < -0.39 is 0 Å². The second-order valence-electron chi connectivity index (χ2n) is 4.65. The Labute approximate surface area is 132 Å². The largest absolute Gasteiger partial charge is 0.0786 e. The van der Waals surface area contributed by atoms with Crippen molar-refractivity contribution in [3.63, 3.8) is 0 Å². The Balaban J connectivity index is 2.36. The van der Waals surface area contributed by atoms with E-state index in [-0.39, 0.29) is 4.83 Å². The highest BCUT2D eigenvalue weighted by molar-refractivity contribution is 9.10. The van der Waals surface area contributed by atoms with Gasteiger partial charge in [-0.25, -0.2) is 0 Å². The zero-order chi connectivity index (χ0) is 13.8. The highest BCUT2D eigenvalue weighted by Crippen LogP contribution is 2.33. The van der Waals surface area contributed by atoms with E-state index in [1.165, 1.54) is 22.3 Å². The van der Waals surface area contributed by atoms with Gasteiger partial charge in [0.15, 0.2) is 0 Å². The molecular formula is C17H18Br2. The molecule has 0 aliphatic rings. The van der Waals surface area contributed by atoms with E-state index in [2.05, 4.69) is 88.2 Å². The number of hydrogen-bond donors (Lipinski definition) is 0. The number of hydrogen-bond acceptors (Lipinski definition) is 0. The summed E-state index contributed by atoms with van der Waals surface area (Å²) in [7, 11) is 0. The molecule has 0 aromatic heterocycles. The maximum Gasteiger partial charge on any atom is 0.0645 e. The van der Waals surface area contributed by atoms with Crippen molar-refractivity contribution in [1.29, 1.82) is 0 Å². The van der Waals surface area contributed by atoms with Crippen LogP contribution in [0.25, 0.3) is 0 Å². The van der Waals surface area contributed by atoms with Crippen molar-refractivity contribution in [3.05, 3.63) is 69.2 Å². The Morgan fingerprint density at radius 2 is 1.58 bits per heavy atom. The van der Waals surface area contributed by atoms with Crippen molar-refractivity contribution in [2.75, 3.05) is 0 Å². The molecule has 0 heterocycles. The molecule has 0 bridgehead atoms. The quantitative estimate of drug-likeness (QED) is 0.564. The van der Waals surface area contributed by atoms with Gasteiger partial charge in [-0.3, -0.25) is 0 Å². The van der Waals surface area contributed by atoms with E-state index in [1.807, 2.05) is 0 Å². The Bertz CT molecular complexity index is 561. The third kappa shape index (κ3) is 3.49. The van der Waals surface area contributed by atoms with Crippen LogP contribution < -0.4 is 0 Å². The predicted molar refractivity (Wildman–Crippen MR) is 90.1 cm³/mol. The van der Waals surface area contributed by atoms with Crippen LogP contribution in [-0.2, 0) is 12.8 Å². The monoisotopic (exact) mass is 380 g/mol. The van der Waals surface area contributed by atoms with Crippen LogP contribution in [0.1, 0.15) is 40.9 Å². The smallest absolute Gasteiger partial charge is 0.0645 e. The van der Waals surface area contributed by atoms with Crippen LogP contribution in [-0.4, -0.2) is 0 Å². The van der Waals surface area contributed by atoms with Crippen molar-refractivity contribution < 1.29 is 0 Å². The number of alkyl halides is 1. The summed E-state index contributed by atoms with van der Waals surface area (Å²) < 4.78 is 1.12. The molecule has 0 saturated heterocycles. The molecule has 19 heavy (non-hydrogen) atoms. The van der Waals surface area contributed by atoms with E-state index in [4.69, 9.17) is 0 Å². The van der Waals surface area contributed by atoms with Gasteiger partial charge < -0.3 is 0 Å². The molecule has 0 aliphatic carbocycles. The zero-order valence-corrected chi connectivity index (χ0v) is 14.5. The maximum atomic E-state index is 3.82. The molecule has 2 aromatic carbocycles. The topological polar surface area (TPSA) is 0 Å². The lowest BCUT2D eigenvalue weighted by molar-refractivity contribution is 1.02. The van der Waals surface area contributed by atoms with E-state index >= 15 is 0 Å². The molecule has 0 aliphatic heterocycles. The summed E-state index contributed by atoms with van der Waals surface area (Å²) in [6, 6.07) is 15.3. The second kappa shape index (κ2) is 6.71. The van der Waals surface area contributed by atoms with Crippen molar-refractivity contribution in [2.45, 2.75) is 31.5 Å². The van der Waals surface area contributed by atoms with Gasteiger partial charge in [-0.05, 0) is 47.2 Å². The Morgan fingerprint density at radius 3 is 2.21 bits per heavy atom. The molecule has 2 aromatic rings. The molecule has 0 nitrogen and oxygen atoms in total. The summed E-state index contributed by atoms with van der Waals surface area (Å²) >= 11 is 7.35. The number of aryl methyl sites for hydroxylation is 2. The van der Waals surface area contributed by atoms with E-state index in [0.29, 0.717) is 0 Å². The summed E-state index contributed by atoms with van der Waals surface area (Å²) in [5.41, 5.74) is 5.52. The lowest BCUT2D eigenvalue weighted by Gasteiger charge is -2.14. The summed E-state index contributed by atoms with van der Waals surface area (Å²) in [5, 5.41) is 0. The molecule has 2 heteroatoms. The van der Waals surface area contributed by atoms with Crippen LogP contribution in [0.2, 0.25) is 0 Å². The summed E-state index contributed by atoms with van der Waals surface area (Å²) in [4.78, 5) is 0.251. The zero-order valence-electron chi connectivity index (χ0n) is 11.3. The summed E-state index contributed by atoms with van der Waals surface area (Å²) in [6.07, 6.45) is 2.20. The van der Waals surface area contributed by atoms with Crippen molar-refractivity contribution in [2.24, 2.45) is 0 Å². The fourth-order valence-corrected chi connectivity index (χ4v) is 3.32. The van der Waals surface area contributed by atoms with Crippen molar-refractivity contribution in [1.82, 2.24) is 0 Å². The van der Waals surface area contributed by atoms with Gasteiger partial charge in [0.25, 0.3) is 0 Å². The van der Waals surface area contributed by atoms with E-state index in [9.17, 15) is 0 Å². The third-order valence-electron chi connectivity index (χ3n) is 3.43. The fraction of sp³-hybridized carbons (Fsp3) is 0.294. The lowest BCUT2D eigenvalue weighted by Crippen LogP contribution is -1.97. The molecule has 0 fully saturated rings. The summed E-state index contributed by atoms with van der Waals surface area (Å²) in [6.45, 7) is 4.44. The van der Waals surface area contributed by atoms with Crippen LogP contribution >= 0.6 is 31.9 Å². The first-order valence-electron chi connectivity index (χ1n) is 6.67. The highest BCUT2D eigenvalue weighted by atomic mass is 79.9. The highest BCUT2D eigenvalue weighted by Gasteiger charge is 2.12. The first kappa shape index (κ1) is 14.8. The Kier molecular flexibility index (Phi) is 5.23. The average Bonchev–Trinajstić information content (AvgIpc) is 2.45. The Hall–Kier alpha value is -0.600. The molecule has 0 saturated carbocycles. The van der Waals surface area contributed by atoms with E-state index in [0.717, 1.165) is 17.3 Å². The van der Waals surface area contributed by atoms with Crippen LogP contribution in [0.5, 0.6) is 0 Å². The molecular weight excluding hydrogens is 364 g/mol. The minimum absolute atomic E-state index is 0.251. The van der Waals surface area contributed by atoms with Gasteiger partial charge in [0, 0.05) is 4.47 Å². The van der Waals surface area contributed by atoms with Crippen molar-refractivity contribution >= 4 is 31.9 Å². The third-order valence-corrected chi connectivity index (χ3v) is 4.98. The van der Waals surface area contributed by atoms with Gasteiger partial charge in [0.05, 0.1) is 4.83 Å². The van der Waals surface area contributed by atoms with Gasteiger partial charge in [-0.1, -0.05) is 76.0 Å². The van der Waals surface area contributed by atoms with Gasteiger partial charge in [-0.15, -0.1) is 0 Å². The normalized spacial score (nSPS) is 12.4. The van der Waals surface area contributed by atoms with Crippen molar-refractivity contribution in [3.8, 4) is 0 Å². The van der Waals surface area contributed by atoms with Crippen LogP contribution in [0.15, 0.2) is 46.9 Å². The van der Waals surface area contributed by atoms with Gasteiger partial charge in [0.2, 0.25) is 0 Å². The summed E-state index contributed by atoms with van der Waals surface area (Å²) in [5.74, 6) is 0. The number of benzene rings is 2.